The Morgan fingerprint density at radius 1 is 1.06 bits per heavy atom. The quantitative estimate of drug-likeness (QED) is 0.653. The minimum atomic E-state index is -0.126. The molecule has 3 nitrogen and oxygen atoms in total. The van der Waals surface area contributed by atoms with E-state index in [1.807, 2.05) is 27.7 Å². The van der Waals surface area contributed by atoms with Crippen LogP contribution in [0, 0.1) is 5.41 Å². The van der Waals surface area contributed by atoms with Crippen molar-refractivity contribution in [2.75, 3.05) is 13.7 Å². The van der Waals surface area contributed by atoms with Crippen molar-refractivity contribution in [3.63, 3.8) is 0 Å². The van der Waals surface area contributed by atoms with Gasteiger partial charge in [-0.2, -0.15) is 0 Å². The van der Waals surface area contributed by atoms with Crippen LogP contribution in [0.25, 0.3) is 0 Å². The SMILES string of the molecule is COC(C)(C)CCCC(=O)CCCC(C)(C)CO. The number of hydrogen-bond donors (Lipinski definition) is 1. The van der Waals surface area contributed by atoms with Gasteiger partial charge in [0.2, 0.25) is 0 Å². The summed E-state index contributed by atoms with van der Waals surface area (Å²) in [5.74, 6) is 0.329. The number of ketones is 1. The third-order valence-corrected chi connectivity index (χ3v) is 3.52. The highest BCUT2D eigenvalue weighted by Gasteiger charge is 2.18. The predicted molar refractivity (Wildman–Crippen MR) is 74.7 cm³/mol. The largest absolute Gasteiger partial charge is 0.396 e. The summed E-state index contributed by atoms with van der Waals surface area (Å²) >= 11 is 0. The first kappa shape index (κ1) is 17.6. The molecule has 0 spiro atoms. The molecule has 0 saturated heterocycles. The van der Waals surface area contributed by atoms with Crippen molar-refractivity contribution < 1.29 is 14.6 Å². The monoisotopic (exact) mass is 258 g/mol. The van der Waals surface area contributed by atoms with Gasteiger partial charge in [-0.3, -0.25) is 4.79 Å². The van der Waals surface area contributed by atoms with E-state index >= 15 is 0 Å². The van der Waals surface area contributed by atoms with Crippen molar-refractivity contribution >= 4 is 5.78 Å². The molecule has 3 heteroatoms. The Morgan fingerprint density at radius 2 is 1.56 bits per heavy atom. The normalized spacial score (nSPS) is 12.8. The van der Waals surface area contributed by atoms with Gasteiger partial charge in [0.15, 0.2) is 0 Å². The van der Waals surface area contributed by atoms with Gasteiger partial charge in [0.05, 0.1) is 5.60 Å². The van der Waals surface area contributed by atoms with Crippen molar-refractivity contribution in [1.29, 1.82) is 0 Å². The number of aliphatic hydroxyl groups is 1. The molecule has 0 heterocycles. The third-order valence-electron chi connectivity index (χ3n) is 3.52. The number of carbonyl (C=O) groups excluding carboxylic acids is 1. The molecule has 0 aliphatic heterocycles. The molecule has 108 valence electrons. The highest BCUT2D eigenvalue weighted by molar-refractivity contribution is 5.78. The Balaban J connectivity index is 3.67. The molecular weight excluding hydrogens is 228 g/mol. The molecule has 0 aromatic rings. The van der Waals surface area contributed by atoms with Gasteiger partial charge in [0, 0.05) is 26.6 Å². The molecule has 0 aromatic heterocycles. The van der Waals surface area contributed by atoms with Gasteiger partial charge in [0.1, 0.15) is 5.78 Å². The fourth-order valence-corrected chi connectivity index (χ4v) is 1.78. The summed E-state index contributed by atoms with van der Waals surface area (Å²) in [6.07, 6.45) is 4.86. The molecule has 0 amide bonds. The van der Waals surface area contributed by atoms with Crippen molar-refractivity contribution in [2.24, 2.45) is 5.41 Å². The second kappa shape index (κ2) is 7.90. The zero-order valence-electron chi connectivity index (χ0n) is 12.7. The van der Waals surface area contributed by atoms with Gasteiger partial charge in [-0.15, -0.1) is 0 Å². The van der Waals surface area contributed by atoms with E-state index in [0.29, 0.717) is 18.6 Å². The number of methoxy groups -OCH3 is 1. The van der Waals surface area contributed by atoms with Crippen molar-refractivity contribution in [3.8, 4) is 0 Å². The smallest absolute Gasteiger partial charge is 0.132 e. The van der Waals surface area contributed by atoms with Gasteiger partial charge in [-0.1, -0.05) is 13.8 Å². The van der Waals surface area contributed by atoms with Gasteiger partial charge < -0.3 is 9.84 Å². The molecule has 0 radical (unpaired) electrons. The molecule has 0 aromatic carbocycles. The Bertz CT molecular complexity index is 220. The molecule has 0 unspecified atom stereocenters. The first-order chi connectivity index (χ1) is 8.22. The van der Waals surface area contributed by atoms with Crippen LogP contribution in [0.2, 0.25) is 0 Å². The summed E-state index contributed by atoms with van der Waals surface area (Å²) in [6, 6.07) is 0. The van der Waals surface area contributed by atoms with E-state index in [2.05, 4.69) is 0 Å². The zero-order valence-corrected chi connectivity index (χ0v) is 12.7. The zero-order chi connectivity index (χ0) is 14.2. The molecule has 0 saturated carbocycles. The van der Waals surface area contributed by atoms with E-state index in [-0.39, 0.29) is 17.6 Å². The number of ether oxygens (including phenoxy) is 1. The van der Waals surface area contributed by atoms with Crippen LogP contribution in [0.1, 0.15) is 66.2 Å². The number of rotatable bonds is 10. The topological polar surface area (TPSA) is 46.5 Å². The summed E-state index contributed by atoms with van der Waals surface area (Å²) < 4.78 is 5.32. The molecule has 0 fully saturated rings. The fraction of sp³-hybridized carbons (Fsp3) is 0.933. The third kappa shape index (κ3) is 8.65. The van der Waals surface area contributed by atoms with Crippen LogP contribution in [0.4, 0.5) is 0 Å². The maximum absolute atomic E-state index is 11.7. The summed E-state index contributed by atoms with van der Waals surface area (Å²) in [4.78, 5) is 11.7. The Labute approximate surface area is 112 Å². The van der Waals surface area contributed by atoms with Crippen LogP contribution in [0.3, 0.4) is 0 Å². The van der Waals surface area contributed by atoms with Crippen LogP contribution >= 0.6 is 0 Å². The standard InChI is InChI=1S/C15H30O3/c1-14(2,12-16)10-6-8-13(17)9-7-11-15(3,4)18-5/h16H,6-12H2,1-5H3. The van der Waals surface area contributed by atoms with E-state index < -0.39 is 0 Å². The predicted octanol–water partition coefficient (Wildman–Crippen LogP) is 3.34. The summed E-state index contributed by atoms with van der Waals surface area (Å²) in [5, 5.41) is 9.12. The molecule has 0 atom stereocenters. The lowest BCUT2D eigenvalue weighted by atomic mass is 9.87. The maximum atomic E-state index is 11.7. The first-order valence-corrected chi connectivity index (χ1v) is 6.90. The maximum Gasteiger partial charge on any atom is 0.132 e. The first-order valence-electron chi connectivity index (χ1n) is 6.90. The van der Waals surface area contributed by atoms with E-state index in [9.17, 15) is 4.79 Å². The molecule has 0 aliphatic carbocycles. The van der Waals surface area contributed by atoms with E-state index in [1.165, 1.54) is 0 Å². The second-order valence-electron chi connectivity index (χ2n) is 6.53. The lowest BCUT2D eigenvalue weighted by Crippen LogP contribution is -2.22. The van der Waals surface area contributed by atoms with E-state index in [1.54, 1.807) is 7.11 Å². The van der Waals surface area contributed by atoms with Crippen molar-refractivity contribution in [1.82, 2.24) is 0 Å². The summed E-state index contributed by atoms with van der Waals surface area (Å²) in [5.41, 5.74) is -0.183. The summed E-state index contributed by atoms with van der Waals surface area (Å²) in [6.45, 7) is 8.32. The lowest BCUT2D eigenvalue weighted by Gasteiger charge is -2.22. The minimum Gasteiger partial charge on any atom is -0.396 e. The average Bonchev–Trinajstić information content (AvgIpc) is 2.28. The second-order valence-corrected chi connectivity index (χ2v) is 6.53. The van der Waals surface area contributed by atoms with E-state index in [4.69, 9.17) is 9.84 Å². The van der Waals surface area contributed by atoms with Gasteiger partial charge in [-0.25, -0.2) is 0 Å². The minimum absolute atomic E-state index is 0.0572. The Morgan fingerprint density at radius 3 is 2.00 bits per heavy atom. The van der Waals surface area contributed by atoms with Crippen LogP contribution in [0.5, 0.6) is 0 Å². The number of hydrogen-bond acceptors (Lipinski definition) is 3. The highest BCUT2D eigenvalue weighted by atomic mass is 16.5. The van der Waals surface area contributed by atoms with Crippen LogP contribution < -0.4 is 0 Å². The number of Topliss-reactive ketones (excluding diaryl/α,β-unsaturated/α-hetero) is 1. The fourth-order valence-electron chi connectivity index (χ4n) is 1.78. The van der Waals surface area contributed by atoms with Crippen molar-refractivity contribution in [3.05, 3.63) is 0 Å². The number of carbonyl (C=O) groups is 1. The molecule has 1 N–H and O–H groups in total. The average molecular weight is 258 g/mol. The van der Waals surface area contributed by atoms with Crippen LogP contribution in [-0.2, 0) is 9.53 Å². The molecule has 18 heavy (non-hydrogen) atoms. The van der Waals surface area contributed by atoms with Crippen LogP contribution in [0.15, 0.2) is 0 Å². The lowest BCUT2D eigenvalue weighted by molar-refractivity contribution is -0.119. The van der Waals surface area contributed by atoms with E-state index in [0.717, 1.165) is 25.7 Å². The van der Waals surface area contributed by atoms with Gasteiger partial charge >= 0.3 is 0 Å². The Hall–Kier alpha value is -0.410. The van der Waals surface area contributed by atoms with Gasteiger partial charge in [-0.05, 0) is 44.9 Å². The van der Waals surface area contributed by atoms with Gasteiger partial charge in [0.25, 0.3) is 0 Å². The molecule has 0 rings (SSSR count). The summed E-state index contributed by atoms with van der Waals surface area (Å²) in [7, 11) is 1.71. The molecule has 0 aliphatic rings. The Kier molecular flexibility index (Phi) is 7.72. The molecule has 0 bridgehead atoms. The molecular formula is C15H30O3. The number of aliphatic hydroxyl groups excluding tert-OH is 1. The highest BCUT2D eigenvalue weighted by Crippen LogP contribution is 2.23. The van der Waals surface area contributed by atoms with Crippen molar-refractivity contribution in [2.45, 2.75) is 71.8 Å². The van der Waals surface area contributed by atoms with Crippen LogP contribution in [-0.4, -0.2) is 30.2 Å².